The number of aryl methyl sites for hydroxylation is 1. The summed E-state index contributed by atoms with van der Waals surface area (Å²) in [5.41, 5.74) is 1.76. The van der Waals surface area contributed by atoms with Gasteiger partial charge in [-0.15, -0.1) is 11.6 Å². The van der Waals surface area contributed by atoms with Crippen molar-refractivity contribution >= 4 is 38.7 Å². The van der Waals surface area contributed by atoms with Crippen LogP contribution < -0.4 is 0 Å². The van der Waals surface area contributed by atoms with Gasteiger partial charge in [0.1, 0.15) is 11.3 Å². The summed E-state index contributed by atoms with van der Waals surface area (Å²) in [4.78, 5) is 8.95. The molecule has 2 heterocycles. The molecule has 20 heavy (non-hydrogen) atoms. The van der Waals surface area contributed by atoms with Crippen LogP contribution in [0, 0.1) is 5.92 Å². The molecule has 0 aromatic carbocycles. The highest BCUT2D eigenvalue weighted by atomic mass is 79.9. The number of imidazole rings is 1. The zero-order chi connectivity index (χ0) is 14.5. The first-order valence-corrected chi connectivity index (χ1v) is 8.09. The van der Waals surface area contributed by atoms with E-state index >= 15 is 0 Å². The van der Waals surface area contributed by atoms with Crippen LogP contribution in [0.15, 0.2) is 16.7 Å². The minimum absolute atomic E-state index is 0.390. The summed E-state index contributed by atoms with van der Waals surface area (Å²) in [5, 5.41) is 0. The molecule has 2 rings (SSSR count). The third kappa shape index (κ3) is 3.93. The van der Waals surface area contributed by atoms with Gasteiger partial charge >= 0.3 is 0 Å². The predicted octanol–water partition coefficient (Wildman–Crippen LogP) is 4.00. The SMILES string of the molecule is CC(C)COCCCn1c(CCl)nc2cc(Br)cnc21. The lowest BCUT2D eigenvalue weighted by Crippen LogP contribution is -2.08. The molecule has 0 bridgehead atoms. The second-order valence-electron chi connectivity index (χ2n) is 5.13. The van der Waals surface area contributed by atoms with Crippen molar-refractivity contribution in [3.05, 3.63) is 22.6 Å². The van der Waals surface area contributed by atoms with E-state index in [4.69, 9.17) is 16.3 Å². The lowest BCUT2D eigenvalue weighted by Gasteiger charge is -2.09. The van der Waals surface area contributed by atoms with E-state index in [1.54, 1.807) is 6.20 Å². The van der Waals surface area contributed by atoms with Crippen LogP contribution in [0.2, 0.25) is 0 Å². The lowest BCUT2D eigenvalue weighted by molar-refractivity contribution is 0.105. The molecule has 0 aliphatic heterocycles. The summed E-state index contributed by atoms with van der Waals surface area (Å²) in [5.74, 6) is 1.82. The van der Waals surface area contributed by atoms with E-state index in [0.717, 1.165) is 47.6 Å². The van der Waals surface area contributed by atoms with Crippen LogP contribution in [0.3, 0.4) is 0 Å². The van der Waals surface area contributed by atoms with E-state index in [0.29, 0.717) is 11.8 Å². The zero-order valence-corrected chi connectivity index (χ0v) is 14.1. The van der Waals surface area contributed by atoms with Crippen LogP contribution in [0.25, 0.3) is 11.2 Å². The lowest BCUT2D eigenvalue weighted by atomic mass is 10.2. The highest BCUT2D eigenvalue weighted by Crippen LogP contribution is 2.19. The average Bonchev–Trinajstić information content (AvgIpc) is 2.75. The fourth-order valence-corrected chi connectivity index (χ4v) is 2.54. The number of aromatic nitrogens is 3. The van der Waals surface area contributed by atoms with Crippen molar-refractivity contribution in [1.82, 2.24) is 14.5 Å². The summed E-state index contributed by atoms with van der Waals surface area (Å²) >= 11 is 9.38. The number of fused-ring (bicyclic) bond motifs is 1. The summed E-state index contributed by atoms with van der Waals surface area (Å²) in [6.45, 7) is 6.67. The third-order valence-corrected chi connectivity index (χ3v) is 3.54. The molecular weight excluding hydrogens is 342 g/mol. The number of hydrogen-bond donors (Lipinski definition) is 0. The van der Waals surface area contributed by atoms with Crippen molar-refractivity contribution in [3.63, 3.8) is 0 Å². The molecule has 0 saturated carbocycles. The first-order valence-electron chi connectivity index (χ1n) is 6.76. The Morgan fingerprint density at radius 3 is 2.95 bits per heavy atom. The highest BCUT2D eigenvalue weighted by Gasteiger charge is 2.11. The van der Waals surface area contributed by atoms with Crippen LogP contribution >= 0.6 is 27.5 Å². The molecule has 4 nitrogen and oxygen atoms in total. The Bertz CT molecular complexity index is 571. The number of rotatable bonds is 7. The van der Waals surface area contributed by atoms with Gasteiger partial charge in [0.05, 0.1) is 5.88 Å². The van der Waals surface area contributed by atoms with Crippen LogP contribution in [0.1, 0.15) is 26.1 Å². The van der Waals surface area contributed by atoms with Crippen molar-refractivity contribution in [1.29, 1.82) is 0 Å². The number of pyridine rings is 1. The first kappa shape index (κ1) is 15.7. The van der Waals surface area contributed by atoms with Crippen LogP contribution in [-0.4, -0.2) is 27.7 Å². The summed E-state index contributed by atoms with van der Waals surface area (Å²) < 4.78 is 8.61. The van der Waals surface area contributed by atoms with E-state index in [9.17, 15) is 0 Å². The third-order valence-electron chi connectivity index (χ3n) is 2.87. The van der Waals surface area contributed by atoms with Gasteiger partial charge in [0, 0.05) is 30.4 Å². The molecule has 0 saturated heterocycles. The van der Waals surface area contributed by atoms with Crippen molar-refractivity contribution in [2.45, 2.75) is 32.7 Å². The van der Waals surface area contributed by atoms with Gasteiger partial charge in [-0.05, 0) is 34.3 Å². The van der Waals surface area contributed by atoms with Gasteiger partial charge in [-0.25, -0.2) is 9.97 Å². The molecule has 0 unspecified atom stereocenters. The molecule has 0 N–H and O–H groups in total. The summed E-state index contributed by atoms with van der Waals surface area (Å²) in [7, 11) is 0. The molecule has 2 aromatic heterocycles. The molecular formula is C14H19BrClN3O. The molecule has 6 heteroatoms. The van der Waals surface area contributed by atoms with Crippen molar-refractivity contribution in [3.8, 4) is 0 Å². The number of nitrogens with zero attached hydrogens (tertiary/aromatic N) is 3. The van der Waals surface area contributed by atoms with E-state index < -0.39 is 0 Å². The van der Waals surface area contributed by atoms with Gasteiger partial charge in [-0.1, -0.05) is 13.8 Å². The fourth-order valence-electron chi connectivity index (χ4n) is 2.01. The molecule has 0 atom stereocenters. The topological polar surface area (TPSA) is 39.9 Å². The van der Waals surface area contributed by atoms with Gasteiger partial charge in [-0.2, -0.15) is 0 Å². The van der Waals surface area contributed by atoms with Crippen LogP contribution in [0.4, 0.5) is 0 Å². The zero-order valence-electron chi connectivity index (χ0n) is 11.8. The van der Waals surface area contributed by atoms with Gasteiger partial charge in [0.2, 0.25) is 0 Å². The Hall–Kier alpha value is -0.650. The second-order valence-corrected chi connectivity index (χ2v) is 6.31. The van der Waals surface area contributed by atoms with E-state index in [1.807, 2.05) is 6.07 Å². The summed E-state index contributed by atoms with van der Waals surface area (Å²) in [6, 6.07) is 1.96. The Labute approximate surface area is 132 Å². The maximum Gasteiger partial charge on any atom is 0.160 e. The van der Waals surface area contributed by atoms with E-state index in [1.165, 1.54) is 0 Å². The normalized spacial score (nSPS) is 11.7. The number of ether oxygens (including phenoxy) is 1. The highest BCUT2D eigenvalue weighted by molar-refractivity contribution is 9.10. The Balaban J connectivity index is 2.04. The first-order chi connectivity index (χ1) is 9.61. The predicted molar refractivity (Wildman–Crippen MR) is 85.1 cm³/mol. The molecule has 0 fully saturated rings. The maximum atomic E-state index is 5.97. The van der Waals surface area contributed by atoms with Gasteiger partial charge in [0.15, 0.2) is 5.65 Å². The standard InChI is InChI=1S/C14H19BrClN3O/c1-10(2)9-20-5-3-4-19-13(7-16)18-12-6-11(15)8-17-14(12)19/h6,8,10H,3-5,7,9H2,1-2H3. The van der Waals surface area contributed by atoms with Crippen molar-refractivity contribution < 1.29 is 4.74 Å². The summed E-state index contributed by atoms with van der Waals surface area (Å²) in [6.07, 6.45) is 2.72. The molecule has 0 aliphatic rings. The van der Waals surface area contributed by atoms with E-state index in [-0.39, 0.29) is 0 Å². The minimum Gasteiger partial charge on any atom is -0.381 e. The smallest absolute Gasteiger partial charge is 0.160 e. The van der Waals surface area contributed by atoms with Crippen LogP contribution in [-0.2, 0) is 17.2 Å². The average molecular weight is 361 g/mol. The molecule has 0 amide bonds. The maximum absolute atomic E-state index is 5.97. The van der Waals surface area contributed by atoms with Gasteiger partial charge in [-0.3, -0.25) is 0 Å². The monoisotopic (exact) mass is 359 g/mol. The van der Waals surface area contributed by atoms with Gasteiger partial charge in [0.25, 0.3) is 0 Å². The molecule has 0 spiro atoms. The van der Waals surface area contributed by atoms with Gasteiger partial charge < -0.3 is 9.30 Å². The number of alkyl halides is 1. The van der Waals surface area contributed by atoms with Crippen LogP contribution in [0.5, 0.6) is 0 Å². The Morgan fingerprint density at radius 1 is 1.45 bits per heavy atom. The Morgan fingerprint density at radius 2 is 2.25 bits per heavy atom. The number of halogens is 2. The molecule has 0 aliphatic carbocycles. The Kier molecular flexibility index (Phi) is 5.81. The quantitative estimate of drug-likeness (QED) is 0.553. The second kappa shape index (κ2) is 7.38. The fraction of sp³-hybridized carbons (Fsp3) is 0.571. The minimum atomic E-state index is 0.390. The molecule has 110 valence electrons. The largest absolute Gasteiger partial charge is 0.381 e. The van der Waals surface area contributed by atoms with Crippen molar-refractivity contribution in [2.75, 3.05) is 13.2 Å². The molecule has 2 aromatic rings. The van der Waals surface area contributed by atoms with Crippen molar-refractivity contribution in [2.24, 2.45) is 5.92 Å². The molecule has 0 radical (unpaired) electrons. The number of hydrogen-bond acceptors (Lipinski definition) is 3. The van der Waals surface area contributed by atoms with E-state index in [2.05, 4.69) is 44.3 Å².